The van der Waals surface area contributed by atoms with Gasteiger partial charge in [0.05, 0.1) is 18.6 Å². The Labute approximate surface area is 198 Å². The Morgan fingerprint density at radius 1 is 0.941 bits per heavy atom. The second kappa shape index (κ2) is 9.48. The van der Waals surface area contributed by atoms with Gasteiger partial charge in [-0.15, -0.1) is 0 Å². The van der Waals surface area contributed by atoms with Gasteiger partial charge in [0.25, 0.3) is 5.91 Å². The van der Waals surface area contributed by atoms with Gasteiger partial charge in [-0.1, -0.05) is 12.1 Å². The van der Waals surface area contributed by atoms with E-state index in [2.05, 4.69) is 28.2 Å². The molecule has 0 bridgehead atoms. The molecule has 0 aliphatic carbocycles. The predicted octanol–water partition coefficient (Wildman–Crippen LogP) is 2.94. The van der Waals surface area contributed by atoms with Gasteiger partial charge in [-0.3, -0.25) is 9.59 Å². The minimum atomic E-state index is -0.418. The van der Waals surface area contributed by atoms with E-state index in [1.54, 1.807) is 18.2 Å². The topological polar surface area (TPSA) is 78.3 Å². The number of piperazine rings is 1. The fraction of sp³-hybridized carbons (Fsp3) is 0.385. The number of hydrogen-bond donors (Lipinski definition) is 1. The number of carbonyl (C=O) groups excluding carboxylic acids is 1. The van der Waals surface area contributed by atoms with Crippen molar-refractivity contribution in [2.75, 3.05) is 74.6 Å². The minimum Gasteiger partial charge on any atom is -0.448 e. The van der Waals surface area contributed by atoms with E-state index in [1.165, 1.54) is 0 Å². The van der Waals surface area contributed by atoms with Crippen LogP contribution >= 0.6 is 0 Å². The molecule has 3 heterocycles. The molecule has 2 aromatic carbocycles. The summed E-state index contributed by atoms with van der Waals surface area (Å²) in [5.74, 6) is -0.357. The third-order valence-corrected chi connectivity index (χ3v) is 6.63. The van der Waals surface area contributed by atoms with Crippen LogP contribution in [0.2, 0.25) is 0 Å². The van der Waals surface area contributed by atoms with E-state index in [0.717, 1.165) is 37.4 Å². The van der Waals surface area contributed by atoms with Gasteiger partial charge < -0.3 is 29.2 Å². The molecule has 2 saturated heterocycles. The molecule has 0 radical (unpaired) electrons. The van der Waals surface area contributed by atoms with Crippen molar-refractivity contribution in [1.29, 1.82) is 0 Å². The van der Waals surface area contributed by atoms with Crippen LogP contribution in [0.4, 0.5) is 17.1 Å². The monoisotopic (exact) mass is 462 g/mol. The first-order valence-corrected chi connectivity index (χ1v) is 11.8. The van der Waals surface area contributed by atoms with Crippen LogP contribution in [-0.4, -0.2) is 70.3 Å². The average Bonchev–Trinajstić information content (AvgIpc) is 2.86. The lowest BCUT2D eigenvalue weighted by atomic mass is 10.1. The summed E-state index contributed by atoms with van der Waals surface area (Å²) in [6.07, 6.45) is 0. The maximum Gasteiger partial charge on any atom is 0.293 e. The van der Waals surface area contributed by atoms with Crippen LogP contribution in [0, 0.1) is 6.92 Å². The van der Waals surface area contributed by atoms with Crippen LogP contribution in [0.1, 0.15) is 16.1 Å². The second-order valence-electron chi connectivity index (χ2n) is 8.95. The summed E-state index contributed by atoms with van der Waals surface area (Å²) in [6.45, 7) is 8.05. The number of amides is 1. The fourth-order valence-electron chi connectivity index (χ4n) is 4.59. The van der Waals surface area contributed by atoms with Crippen LogP contribution in [0.3, 0.4) is 0 Å². The first kappa shape index (κ1) is 22.4. The number of anilines is 3. The van der Waals surface area contributed by atoms with Crippen molar-refractivity contribution in [3.8, 4) is 0 Å². The smallest absolute Gasteiger partial charge is 0.293 e. The summed E-state index contributed by atoms with van der Waals surface area (Å²) < 4.78 is 11.5. The molecule has 2 aliphatic heterocycles. The highest BCUT2D eigenvalue weighted by Gasteiger charge is 2.27. The van der Waals surface area contributed by atoms with Crippen molar-refractivity contribution >= 4 is 33.9 Å². The SMILES string of the molecule is Cc1cc(N2CCOCC2)ccc1NC(=O)c1oc2ccccc2c(=O)c1N1CCN(C)CC1. The van der Waals surface area contributed by atoms with Gasteiger partial charge in [0.15, 0.2) is 0 Å². The zero-order valence-electron chi connectivity index (χ0n) is 19.7. The number of morpholine rings is 1. The van der Waals surface area contributed by atoms with Crippen LogP contribution in [0.5, 0.6) is 0 Å². The van der Waals surface area contributed by atoms with Crippen LogP contribution in [0.15, 0.2) is 51.7 Å². The number of rotatable bonds is 4. The van der Waals surface area contributed by atoms with E-state index in [1.807, 2.05) is 30.0 Å². The first-order valence-electron chi connectivity index (χ1n) is 11.8. The molecular weight excluding hydrogens is 432 g/mol. The van der Waals surface area contributed by atoms with E-state index in [-0.39, 0.29) is 11.2 Å². The molecule has 0 atom stereocenters. The number of para-hydroxylation sites is 1. The number of ether oxygens (including phenoxy) is 1. The number of nitrogens with zero attached hydrogens (tertiary/aromatic N) is 3. The zero-order valence-corrected chi connectivity index (χ0v) is 19.7. The molecular formula is C26H30N4O4. The lowest BCUT2D eigenvalue weighted by Gasteiger charge is -2.34. The molecule has 8 nitrogen and oxygen atoms in total. The standard InChI is InChI=1S/C26H30N4O4/c1-18-17-19(29-13-15-33-16-14-29)7-8-21(18)27-26(32)25-23(30-11-9-28(2)10-12-30)24(31)20-5-3-4-6-22(20)34-25/h3-8,17H,9-16H2,1-2H3,(H,27,32). The number of aryl methyl sites for hydroxylation is 1. The lowest BCUT2D eigenvalue weighted by Crippen LogP contribution is -2.46. The normalized spacial score (nSPS) is 17.2. The molecule has 1 amide bonds. The third-order valence-electron chi connectivity index (χ3n) is 6.63. The number of hydrogen-bond acceptors (Lipinski definition) is 7. The van der Waals surface area contributed by atoms with Crippen molar-refractivity contribution in [2.45, 2.75) is 6.92 Å². The first-order chi connectivity index (χ1) is 16.5. The number of nitrogens with one attached hydrogen (secondary N) is 1. The quantitative estimate of drug-likeness (QED) is 0.639. The Bertz CT molecular complexity index is 1260. The molecule has 3 aromatic rings. The molecule has 178 valence electrons. The van der Waals surface area contributed by atoms with Crippen LogP contribution in [-0.2, 0) is 4.74 Å². The van der Waals surface area contributed by atoms with Crippen molar-refractivity contribution in [2.24, 2.45) is 0 Å². The maximum atomic E-state index is 13.5. The largest absolute Gasteiger partial charge is 0.448 e. The summed E-state index contributed by atoms with van der Waals surface area (Å²) in [6, 6.07) is 13.1. The highest BCUT2D eigenvalue weighted by Crippen LogP contribution is 2.27. The summed E-state index contributed by atoms with van der Waals surface area (Å²) in [5, 5.41) is 3.47. The molecule has 34 heavy (non-hydrogen) atoms. The van der Waals surface area contributed by atoms with Gasteiger partial charge in [-0.2, -0.15) is 0 Å². The molecule has 0 spiro atoms. The van der Waals surface area contributed by atoms with E-state index < -0.39 is 5.91 Å². The van der Waals surface area contributed by atoms with Crippen LogP contribution < -0.4 is 20.5 Å². The molecule has 8 heteroatoms. The van der Waals surface area contributed by atoms with Gasteiger partial charge in [-0.05, 0) is 49.9 Å². The third kappa shape index (κ3) is 4.38. The number of benzene rings is 2. The van der Waals surface area contributed by atoms with Crippen molar-refractivity contribution < 1.29 is 13.9 Å². The van der Waals surface area contributed by atoms with E-state index in [4.69, 9.17) is 9.15 Å². The predicted molar refractivity (Wildman–Crippen MR) is 134 cm³/mol. The van der Waals surface area contributed by atoms with Crippen LogP contribution in [0.25, 0.3) is 11.0 Å². The summed E-state index contributed by atoms with van der Waals surface area (Å²) in [7, 11) is 2.05. The summed E-state index contributed by atoms with van der Waals surface area (Å²) in [5.41, 5.74) is 3.33. The molecule has 0 saturated carbocycles. The summed E-state index contributed by atoms with van der Waals surface area (Å²) in [4.78, 5) is 33.4. The highest BCUT2D eigenvalue weighted by atomic mass is 16.5. The fourth-order valence-corrected chi connectivity index (χ4v) is 4.59. The molecule has 0 unspecified atom stereocenters. The maximum absolute atomic E-state index is 13.5. The van der Waals surface area contributed by atoms with Gasteiger partial charge in [0.2, 0.25) is 11.2 Å². The van der Waals surface area contributed by atoms with Crippen molar-refractivity contribution in [3.63, 3.8) is 0 Å². The Morgan fingerprint density at radius 2 is 1.68 bits per heavy atom. The van der Waals surface area contributed by atoms with E-state index in [9.17, 15) is 9.59 Å². The van der Waals surface area contributed by atoms with Gasteiger partial charge in [0, 0.05) is 50.6 Å². The zero-order chi connectivity index (χ0) is 23.7. The molecule has 2 aliphatic rings. The highest BCUT2D eigenvalue weighted by molar-refractivity contribution is 6.07. The number of fused-ring (bicyclic) bond motifs is 1. The Balaban J connectivity index is 1.48. The minimum absolute atomic E-state index is 0.0601. The Hall–Kier alpha value is -3.36. The van der Waals surface area contributed by atoms with Gasteiger partial charge in [0.1, 0.15) is 11.3 Å². The molecule has 1 aromatic heterocycles. The number of carbonyl (C=O) groups is 1. The lowest BCUT2D eigenvalue weighted by molar-refractivity contribution is 0.0997. The Kier molecular flexibility index (Phi) is 6.26. The summed E-state index contributed by atoms with van der Waals surface area (Å²) >= 11 is 0. The van der Waals surface area contributed by atoms with Gasteiger partial charge >= 0.3 is 0 Å². The molecule has 1 N–H and O–H groups in total. The van der Waals surface area contributed by atoms with E-state index >= 15 is 0 Å². The number of likely N-dealkylation sites (N-methyl/N-ethyl adjacent to an activating group) is 1. The molecule has 5 rings (SSSR count). The second-order valence-corrected chi connectivity index (χ2v) is 8.95. The average molecular weight is 463 g/mol. The molecule has 2 fully saturated rings. The van der Waals surface area contributed by atoms with Crippen molar-refractivity contribution in [3.05, 3.63) is 64.0 Å². The van der Waals surface area contributed by atoms with Gasteiger partial charge in [-0.25, -0.2) is 0 Å². The van der Waals surface area contributed by atoms with E-state index in [0.29, 0.717) is 48.6 Å². The van der Waals surface area contributed by atoms with Crippen molar-refractivity contribution in [1.82, 2.24) is 4.90 Å². The Morgan fingerprint density at radius 3 is 2.41 bits per heavy atom.